The highest BCUT2D eigenvalue weighted by Gasteiger charge is 2.28. The van der Waals surface area contributed by atoms with Gasteiger partial charge in [0.1, 0.15) is 5.60 Å². The molecule has 0 radical (unpaired) electrons. The summed E-state index contributed by atoms with van der Waals surface area (Å²) in [6.45, 7) is 13.6. The molecule has 1 aromatic rings. The van der Waals surface area contributed by atoms with Crippen molar-refractivity contribution in [2.24, 2.45) is 5.92 Å². The van der Waals surface area contributed by atoms with Crippen molar-refractivity contribution in [3.8, 4) is 0 Å². The zero-order valence-corrected chi connectivity index (χ0v) is 20.3. The van der Waals surface area contributed by atoms with Crippen molar-refractivity contribution in [3.05, 3.63) is 39.9 Å². The predicted molar refractivity (Wildman–Crippen MR) is 126 cm³/mol. The van der Waals surface area contributed by atoms with Gasteiger partial charge in [0.25, 0.3) is 5.69 Å². The van der Waals surface area contributed by atoms with E-state index in [-0.39, 0.29) is 29.1 Å². The van der Waals surface area contributed by atoms with Crippen LogP contribution in [0.5, 0.6) is 0 Å². The molecule has 1 aromatic carbocycles. The number of benzene rings is 1. The molecule has 0 aliphatic carbocycles. The molecule has 1 unspecified atom stereocenters. The zero-order chi connectivity index (χ0) is 22.3. The average molecular weight is 456 g/mol. The average Bonchev–Trinajstić information content (AvgIpc) is 2.67. The number of ether oxygens (including phenoxy) is 1. The highest BCUT2D eigenvalue weighted by Crippen LogP contribution is 2.23. The summed E-state index contributed by atoms with van der Waals surface area (Å²) in [5.41, 5.74) is 0.793. The second kappa shape index (κ2) is 12.2. The summed E-state index contributed by atoms with van der Waals surface area (Å²) in [5.74, 6) is 0.564. The molecular formula is C23H38ClN3O4. The molecule has 31 heavy (non-hydrogen) atoms. The normalized spacial score (nSPS) is 16.0. The summed E-state index contributed by atoms with van der Waals surface area (Å²) in [6.07, 6.45) is 3.72. The smallest absolute Gasteiger partial charge is 0.410 e. The lowest BCUT2D eigenvalue weighted by molar-refractivity contribution is -0.384. The SMILES string of the molecule is CCCN(CC1CCN(C(=O)OC(C)(C)C)CC1)C(C)Cc1ccc([N+](=O)[O-])cc1.Cl. The van der Waals surface area contributed by atoms with Gasteiger partial charge in [0.05, 0.1) is 4.92 Å². The molecule has 1 aliphatic heterocycles. The van der Waals surface area contributed by atoms with Gasteiger partial charge in [0.15, 0.2) is 0 Å². The number of amides is 1. The Morgan fingerprint density at radius 3 is 2.32 bits per heavy atom. The molecule has 1 saturated heterocycles. The number of carbonyl (C=O) groups is 1. The lowest BCUT2D eigenvalue weighted by atomic mass is 9.95. The van der Waals surface area contributed by atoms with Gasteiger partial charge in [0.2, 0.25) is 0 Å². The minimum atomic E-state index is -0.459. The van der Waals surface area contributed by atoms with E-state index in [1.54, 1.807) is 12.1 Å². The Morgan fingerprint density at radius 2 is 1.84 bits per heavy atom. The van der Waals surface area contributed by atoms with Crippen molar-refractivity contribution in [1.82, 2.24) is 9.80 Å². The van der Waals surface area contributed by atoms with Crippen molar-refractivity contribution >= 4 is 24.2 Å². The number of carbonyl (C=O) groups excluding carboxylic acids is 1. The van der Waals surface area contributed by atoms with Crippen molar-refractivity contribution in [2.45, 2.75) is 71.9 Å². The number of hydrogen-bond donors (Lipinski definition) is 0. The van der Waals surface area contributed by atoms with Gasteiger partial charge in [0, 0.05) is 37.8 Å². The molecule has 2 rings (SSSR count). The molecule has 0 spiro atoms. The highest BCUT2D eigenvalue weighted by atomic mass is 35.5. The maximum absolute atomic E-state index is 12.3. The number of piperidine rings is 1. The summed E-state index contributed by atoms with van der Waals surface area (Å²) in [4.78, 5) is 27.1. The van der Waals surface area contributed by atoms with Gasteiger partial charge >= 0.3 is 6.09 Å². The van der Waals surface area contributed by atoms with Crippen LogP contribution in [0.2, 0.25) is 0 Å². The van der Waals surface area contributed by atoms with Crippen molar-refractivity contribution in [3.63, 3.8) is 0 Å². The molecule has 176 valence electrons. The molecule has 1 aliphatic rings. The fourth-order valence-electron chi connectivity index (χ4n) is 3.96. The van der Waals surface area contributed by atoms with E-state index in [1.165, 1.54) is 0 Å². The number of halogens is 1. The van der Waals surface area contributed by atoms with E-state index in [9.17, 15) is 14.9 Å². The van der Waals surface area contributed by atoms with E-state index in [2.05, 4.69) is 18.7 Å². The molecule has 0 saturated carbocycles. The summed E-state index contributed by atoms with van der Waals surface area (Å²) in [7, 11) is 0. The Hall–Kier alpha value is -1.86. The third-order valence-electron chi connectivity index (χ3n) is 5.57. The van der Waals surface area contributed by atoms with Crippen LogP contribution >= 0.6 is 12.4 Å². The highest BCUT2D eigenvalue weighted by molar-refractivity contribution is 5.85. The second-order valence-corrected chi connectivity index (χ2v) is 9.38. The summed E-state index contributed by atoms with van der Waals surface area (Å²) in [5, 5.41) is 10.8. The number of nitro groups is 1. The van der Waals surface area contributed by atoms with Gasteiger partial charge in [-0.25, -0.2) is 4.79 Å². The zero-order valence-electron chi connectivity index (χ0n) is 19.5. The molecule has 8 heteroatoms. The number of nitro benzene ring substituents is 1. The molecule has 7 nitrogen and oxygen atoms in total. The van der Waals surface area contributed by atoms with Gasteiger partial charge in [-0.15, -0.1) is 12.4 Å². The molecule has 1 heterocycles. The van der Waals surface area contributed by atoms with Gasteiger partial charge in [-0.05, 0) is 71.4 Å². The first-order valence-electron chi connectivity index (χ1n) is 11.0. The van der Waals surface area contributed by atoms with Crippen LogP contribution in [-0.2, 0) is 11.2 Å². The quantitative estimate of drug-likeness (QED) is 0.392. The number of likely N-dealkylation sites (tertiary alicyclic amines) is 1. The Balaban J connectivity index is 0.00000480. The van der Waals surface area contributed by atoms with Crippen molar-refractivity contribution in [1.29, 1.82) is 0 Å². The number of non-ortho nitro benzene ring substituents is 1. The van der Waals surface area contributed by atoms with E-state index in [1.807, 2.05) is 37.8 Å². The predicted octanol–water partition coefficient (Wildman–Crippen LogP) is 5.31. The summed E-state index contributed by atoms with van der Waals surface area (Å²) >= 11 is 0. The van der Waals surface area contributed by atoms with Crippen LogP contribution in [-0.4, -0.2) is 58.6 Å². The topological polar surface area (TPSA) is 75.9 Å². The van der Waals surface area contributed by atoms with E-state index in [0.29, 0.717) is 12.0 Å². The largest absolute Gasteiger partial charge is 0.444 e. The lowest BCUT2D eigenvalue weighted by Gasteiger charge is -2.37. The summed E-state index contributed by atoms with van der Waals surface area (Å²) in [6, 6.07) is 7.24. The third-order valence-corrected chi connectivity index (χ3v) is 5.57. The van der Waals surface area contributed by atoms with Gasteiger partial charge in [-0.1, -0.05) is 19.1 Å². The minimum Gasteiger partial charge on any atom is -0.444 e. The lowest BCUT2D eigenvalue weighted by Crippen LogP contribution is -2.45. The van der Waals surface area contributed by atoms with Crippen LogP contribution in [0.4, 0.5) is 10.5 Å². The van der Waals surface area contributed by atoms with E-state index in [4.69, 9.17) is 4.74 Å². The first kappa shape index (κ1) is 27.2. The summed E-state index contributed by atoms with van der Waals surface area (Å²) < 4.78 is 5.49. The van der Waals surface area contributed by atoms with Gasteiger partial charge in [-0.2, -0.15) is 0 Å². The standard InChI is InChI=1S/C23H37N3O4.ClH/c1-6-13-25(18(2)16-19-7-9-21(10-8-19)26(28)29)17-20-11-14-24(15-12-20)22(27)30-23(3,4)5;/h7-10,18,20H,6,11-17H2,1-5H3;1H. The minimum absolute atomic E-state index is 0. The number of rotatable bonds is 8. The molecule has 1 amide bonds. The van der Waals surface area contributed by atoms with E-state index in [0.717, 1.165) is 57.4 Å². The molecule has 1 atom stereocenters. The van der Waals surface area contributed by atoms with Crippen molar-refractivity contribution in [2.75, 3.05) is 26.2 Å². The first-order chi connectivity index (χ1) is 14.1. The Bertz CT molecular complexity index is 698. The molecule has 1 fully saturated rings. The van der Waals surface area contributed by atoms with E-state index >= 15 is 0 Å². The van der Waals surface area contributed by atoms with Crippen molar-refractivity contribution < 1.29 is 14.5 Å². The number of nitrogens with zero attached hydrogens (tertiary/aromatic N) is 3. The molecule has 0 N–H and O–H groups in total. The molecule has 0 bridgehead atoms. The van der Waals surface area contributed by atoms with Crippen LogP contribution in [0.3, 0.4) is 0 Å². The Kier molecular flexibility index (Phi) is 10.7. The molecular weight excluding hydrogens is 418 g/mol. The van der Waals surface area contributed by atoms with E-state index < -0.39 is 5.60 Å². The van der Waals surface area contributed by atoms with Gasteiger partial charge < -0.3 is 14.5 Å². The van der Waals surface area contributed by atoms with Crippen LogP contribution in [0, 0.1) is 16.0 Å². The Morgan fingerprint density at radius 1 is 1.26 bits per heavy atom. The fourth-order valence-corrected chi connectivity index (χ4v) is 3.96. The Labute approximate surface area is 192 Å². The molecule has 0 aromatic heterocycles. The first-order valence-corrected chi connectivity index (χ1v) is 11.0. The van der Waals surface area contributed by atoms with Crippen LogP contribution in [0.1, 0.15) is 59.4 Å². The van der Waals surface area contributed by atoms with Crippen LogP contribution in [0.15, 0.2) is 24.3 Å². The van der Waals surface area contributed by atoms with Gasteiger partial charge in [-0.3, -0.25) is 10.1 Å². The van der Waals surface area contributed by atoms with Crippen LogP contribution in [0.25, 0.3) is 0 Å². The third kappa shape index (κ3) is 9.03. The maximum atomic E-state index is 12.3. The number of hydrogen-bond acceptors (Lipinski definition) is 5. The second-order valence-electron chi connectivity index (χ2n) is 9.38. The fraction of sp³-hybridized carbons (Fsp3) is 0.696. The monoisotopic (exact) mass is 455 g/mol. The van der Waals surface area contributed by atoms with Crippen LogP contribution < -0.4 is 0 Å². The maximum Gasteiger partial charge on any atom is 0.410 e.